The second-order valence-electron chi connectivity index (χ2n) is 9.45. The van der Waals surface area contributed by atoms with Gasteiger partial charge in [-0.3, -0.25) is 4.98 Å². The summed E-state index contributed by atoms with van der Waals surface area (Å²) in [5.41, 5.74) is 7.25. The fourth-order valence-electron chi connectivity index (χ4n) is 5.43. The summed E-state index contributed by atoms with van der Waals surface area (Å²) in [4.78, 5) is 9.45. The summed E-state index contributed by atoms with van der Waals surface area (Å²) in [7, 11) is 0. The molecule has 2 saturated heterocycles. The highest BCUT2D eigenvalue weighted by atomic mass is 32.1. The van der Waals surface area contributed by atoms with Crippen molar-refractivity contribution in [3.05, 3.63) is 77.4 Å². The molecule has 7 heteroatoms. The number of unbranched alkanes of at least 4 members (excludes halogenated alkanes) is 1. The summed E-state index contributed by atoms with van der Waals surface area (Å²) in [5, 5.41) is 4.41. The van der Waals surface area contributed by atoms with E-state index in [1.807, 2.05) is 12.3 Å². The van der Waals surface area contributed by atoms with Crippen LogP contribution in [0.15, 0.2) is 54.7 Å². The average molecular weight is 490 g/mol. The lowest BCUT2D eigenvalue weighted by Gasteiger charge is -2.29. The van der Waals surface area contributed by atoms with Crippen molar-refractivity contribution in [2.75, 3.05) is 37.7 Å². The molecule has 1 N–H and O–H groups in total. The third-order valence-corrected chi connectivity index (χ3v) is 7.58. The molecule has 1 aromatic carbocycles. The van der Waals surface area contributed by atoms with Gasteiger partial charge in [0.25, 0.3) is 0 Å². The highest BCUT2D eigenvalue weighted by Gasteiger charge is 2.41. The molecular formula is C28H35N5OS. The predicted molar refractivity (Wildman–Crippen MR) is 145 cm³/mol. The number of rotatable bonds is 7. The molecule has 0 spiro atoms. The minimum atomic E-state index is 0.0261. The summed E-state index contributed by atoms with van der Waals surface area (Å²) in [6.45, 7) is 11.1. The molecule has 4 heterocycles. The molecule has 2 aliphatic heterocycles. The van der Waals surface area contributed by atoms with Crippen molar-refractivity contribution in [3.63, 3.8) is 0 Å². The van der Waals surface area contributed by atoms with E-state index in [-0.39, 0.29) is 12.1 Å². The molecule has 2 fully saturated rings. The molecule has 2 aliphatic rings. The van der Waals surface area contributed by atoms with Gasteiger partial charge < -0.3 is 24.4 Å². The van der Waals surface area contributed by atoms with Crippen LogP contribution in [0.5, 0.6) is 0 Å². The van der Waals surface area contributed by atoms with Gasteiger partial charge in [0, 0.05) is 48.6 Å². The highest BCUT2D eigenvalue weighted by molar-refractivity contribution is 7.80. The normalized spacial score (nSPS) is 20.4. The maximum atomic E-state index is 5.83. The van der Waals surface area contributed by atoms with Crippen LogP contribution in [-0.4, -0.2) is 52.4 Å². The number of aryl methyl sites for hydroxylation is 1. The van der Waals surface area contributed by atoms with Crippen molar-refractivity contribution in [1.29, 1.82) is 0 Å². The molecule has 0 unspecified atom stereocenters. The summed E-state index contributed by atoms with van der Waals surface area (Å²) >= 11 is 5.83. The lowest BCUT2D eigenvalue weighted by molar-refractivity contribution is 0.122. The molecule has 6 nitrogen and oxygen atoms in total. The van der Waals surface area contributed by atoms with Crippen molar-refractivity contribution in [1.82, 2.24) is 19.8 Å². The molecule has 35 heavy (non-hydrogen) atoms. The first-order chi connectivity index (χ1) is 17.1. The van der Waals surface area contributed by atoms with E-state index < -0.39 is 0 Å². The van der Waals surface area contributed by atoms with Crippen molar-refractivity contribution in [3.8, 4) is 5.69 Å². The Bertz CT molecular complexity index is 1150. The second kappa shape index (κ2) is 10.4. The van der Waals surface area contributed by atoms with Gasteiger partial charge in [0.1, 0.15) is 0 Å². The Morgan fingerprint density at radius 2 is 1.80 bits per heavy atom. The van der Waals surface area contributed by atoms with Gasteiger partial charge in [0.2, 0.25) is 0 Å². The van der Waals surface area contributed by atoms with Crippen molar-refractivity contribution >= 4 is 23.0 Å². The van der Waals surface area contributed by atoms with Crippen LogP contribution in [0.3, 0.4) is 0 Å². The molecule has 3 aromatic rings. The van der Waals surface area contributed by atoms with Crippen molar-refractivity contribution < 1.29 is 4.74 Å². The van der Waals surface area contributed by atoms with Crippen LogP contribution in [0.4, 0.5) is 5.69 Å². The quantitative estimate of drug-likeness (QED) is 0.466. The number of aromatic nitrogens is 2. The van der Waals surface area contributed by atoms with E-state index in [0.29, 0.717) is 0 Å². The molecule has 2 atom stereocenters. The third-order valence-electron chi connectivity index (χ3n) is 7.22. The van der Waals surface area contributed by atoms with Crippen LogP contribution in [-0.2, 0) is 4.74 Å². The number of anilines is 1. The van der Waals surface area contributed by atoms with E-state index >= 15 is 0 Å². The largest absolute Gasteiger partial charge is 0.378 e. The number of benzene rings is 1. The van der Waals surface area contributed by atoms with Crippen LogP contribution in [0.1, 0.15) is 54.5 Å². The number of hydrogen-bond donors (Lipinski definition) is 1. The van der Waals surface area contributed by atoms with E-state index in [2.05, 4.69) is 87.9 Å². The third kappa shape index (κ3) is 4.67. The minimum Gasteiger partial charge on any atom is -0.378 e. The molecule has 0 radical (unpaired) electrons. The van der Waals surface area contributed by atoms with Gasteiger partial charge in [-0.05, 0) is 80.5 Å². The predicted octanol–water partition coefficient (Wildman–Crippen LogP) is 5.10. The summed E-state index contributed by atoms with van der Waals surface area (Å²) < 4.78 is 7.88. The number of nitrogens with one attached hydrogen (secondary N) is 1. The Morgan fingerprint density at radius 1 is 1.06 bits per heavy atom. The molecule has 0 bridgehead atoms. The van der Waals surface area contributed by atoms with Crippen molar-refractivity contribution in [2.45, 2.75) is 45.7 Å². The zero-order valence-corrected chi connectivity index (χ0v) is 21.7. The fourth-order valence-corrected chi connectivity index (χ4v) is 5.76. The number of pyridine rings is 1. The average Bonchev–Trinajstić information content (AvgIpc) is 3.38. The van der Waals surface area contributed by atoms with Crippen LogP contribution in [0.2, 0.25) is 0 Å². The zero-order valence-electron chi connectivity index (χ0n) is 20.9. The van der Waals surface area contributed by atoms with E-state index in [0.717, 1.165) is 56.5 Å². The van der Waals surface area contributed by atoms with Gasteiger partial charge in [-0.2, -0.15) is 0 Å². The van der Waals surface area contributed by atoms with Gasteiger partial charge in [-0.15, -0.1) is 0 Å². The van der Waals surface area contributed by atoms with Gasteiger partial charge in [0.15, 0.2) is 5.11 Å². The summed E-state index contributed by atoms with van der Waals surface area (Å²) in [6.07, 6.45) is 4.11. The second-order valence-corrected chi connectivity index (χ2v) is 9.84. The molecule has 0 amide bonds. The topological polar surface area (TPSA) is 45.6 Å². The van der Waals surface area contributed by atoms with Gasteiger partial charge in [-0.1, -0.05) is 19.4 Å². The number of nitrogens with zero attached hydrogens (tertiary/aromatic N) is 4. The highest BCUT2D eigenvalue weighted by Crippen LogP contribution is 2.41. The Hall–Kier alpha value is -2.90. The van der Waals surface area contributed by atoms with E-state index in [4.69, 9.17) is 17.0 Å². The van der Waals surface area contributed by atoms with Crippen LogP contribution >= 0.6 is 12.2 Å². The number of morpholine rings is 1. The number of hydrogen-bond acceptors (Lipinski definition) is 4. The molecule has 184 valence electrons. The molecule has 5 rings (SSSR count). The Kier molecular flexibility index (Phi) is 7.07. The minimum absolute atomic E-state index is 0.0261. The Balaban J connectivity index is 1.50. The first kappa shape index (κ1) is 23.8. The smallest absolute Gasteiger partial charge is 0.170 e. The molecular weight excluding hydrogens is 454 g/mol. The van der Waals surface area contributed by atoms with Gasteiger partial charge >= 0.3 is 0 Å². The lowest BCUT2D eigenvalue weighted by Crippen LogP contribution is -2.36. The summed E-state index contributed by atoms with van der Waals surface area (Å²) in [5.74, 6) is 0. The Labute approximate surface area is 213 Å². The number of ether oxygens (including phenoxy) is 1. The maximum Gasteiger partial charge on any atom is 0.170 e. The lowest BCUT2D eigenvalue weighted by atomic mass is 9.96. The van der Waals surface area contributed by atoms with E-state index in [1.54, 1.807) is 0 Å². The molecule has 0 saturated carbocycles. The molecule has 0 aliphatic carbocycles. The van der Waals surface area contributed by atoms with Crippen LogP contribution in [0, 0.1) is 13.8 Å². The standard InChI is InChI=1S/C28H35N5OS/c1-4-5-14-32-27(26(30-28(32)35)25-8-6-7-13-29-25)24-19-20(2)33(21(24)3)23-11-9-22(10-12-23)31-15-17-34-18-16-31/h6-13,19,26-27H,4-5,14-18H2,1-3H3,(H,30,35)/t26-,27-/m0/s1. The number of thiocarbonyl (C=S) groups is 1. The van der Waals surface area contributed by atoms with E-state index in [1.165, 1.54) is 28.3 Å². The van der Waals surface area contributed by atoms with Crippen LogP contribution < -0.4 is 10.2 Å². The fraction of sp³-hybridized carbons (Fsp3) is 0.429. The maximum absolute atomic E-state index is 5.83. The van der Waals surface area contributed by atoms with Gasteiger partial charge in [-0.25, -0.2) is 0 Å². The first-order valence-corrected chi connectivity index (χ1v) is 13.1. The van der Waals surface area contributed by atoms with Crippen LogP contribution in [0.25, 0.3) is 5.69 Å². The first-order valence-electron chi connectivity index (χ1n) is 12.7. The SMILES string of the molecule is CCCCN1C(=S)N[C@@H](c2ccccn2)[C@@H]1c1cc(C)n(-c2ccc(N3CCOCC3)cc2)c1C. The molecule has 2 aromatic heterocycles. The Morgan fingerprint density at radius 3 is 2.49 bits per heavy atom. The monoisotopic (exact) mass is 489 g/mol. The van der Waals surface area contributed by atoms with E-state index in [9.17, 15) is 0 Å². The summed E-state index contributed by atoms with van der Waals surface area (Å²) in [6, 6.07) is 17.5. The van der Waals surface area contributed by atoms with Gasteiger partial charge in [0.05, 0.1) is 31.0 Å². The zero-order chi connectivity index (χ0) is 24.4. The van der Waals surface area contributed by atoms with Crippen molar-refractivity contribution in [2.24, 2.45) is 0 Å².